The van der Waals surface area contributed by atoms with Crippen LogP contribution in [0.4, 0.5) is 8.63 Å². The molecule has 0 aromatic heterocycles. The number of benzene rings is 1. The number of aliphatic hydroxyl groups is 1. The van der Waals surface area contributed by atoms with Gasteiger partial charge in [-0.1, -0.05) is 0 Å². The van der Waals surface area contributed by atoms with Crippen molar-refractivity contribution in [2.45, 2.75) is 0 Å². The molecular weight excluding hydrogens is 259 g/mol. The predicted octanol–water partition coefficient (Wildman–Crippen LogP) is 1.75. The van der Waals surface area contributed by atoms with E-state index in [2.05, 4.69) is 9.31 Å². The molecule has 1 aliphatic rings. The quantitative estimate of drug-likeness (QED) is 0.353. The summed E-state index contributed by atoms with van der Waals surface area (Å²) in [5, 5.41) is 18.9. The van der Waals surface area contributed by atoms with Crippen LogP contribution in [0.25, 0.3) is 5.76 Å². The van der Waals surface area contributed by atoms with E-state index in [-0.39, 0.29) is 28.7 Å². The van der Waals surface area contributed by atoms with Crippen LogP contribution in [0.2, 0.25) is 0 Å². The highest BCUT2D eigenvalue weighted by molar-refractivity contribution is 6.54. The molecule has 19 heavy (non-hydrogen) atoms. The Bertz CT molecular complexity index is 582. The van der Waals surface area contributed by atoms with Crippen LogP contribution in [0.1, 0.15) is 5.56 Å². The van der Waals surface area contributed by atoms with Gasteiger partial charge in [-0.15, -0.1) is 0 Å². The maximum absolute atomic E-state index is 13.3. The van der Waals surface area contributed by atoms with Gasteiger partial charge in [0.15, 0.2) is 0 Å². The van der Waals surface area contributed by atoms with E-state index in [1.54, 1.807) is 14.1 Å². The number of hydrogen-bond donors (Lipinski definition) is 2. The summed E-state index contributed by atoms with van der Waals surface area (Å²) in [5.41, 5.74) is 0.221. The van der Waals surface area contributed by atoms with Crippen molar-refractivity contribution in [3.8, 4) is 11.5 Å². The van der Waals surface area contributed by atoms with Crippen LogP contribution < -0.4 is 4.65 Å². The Morgan fingerprint density at radius 3 is 2.63 bits per heavy atom. The number of phenols is 1. The standard InChI is InChI=1S/C11H11BF2NO4/c1-15(2)11(17)6-10-8-4-3-7(16)5-9(8)18-12(13,14)19-10/h3-6H,1-2H3,(H,16,17)/q-1/p+1. The fourth-order valence-electron chi connectivity index (χ4n) is 1.55. The molecule has 0 amide bonds. The second-order valence-corrected chi connectivity index (χ2v) is 4.21. The highest BCUT2D eigenvalue weighted by Gasteiger charge is 2.39. The van der Waals surface area contributed by atoms with E-state index in [0.717, 1.165) is 12.1 Å². The van der Waals surface area contributed by atoms with Crippen LogP contribution >= 0.6 is 0 Å². The van der Waals surface area contributed by atoms with Crippen molar-refractivity contribution in [2.24, 2.45) is 0 Å². The number of halogens is 2. The molecule has 0 spiro atoms. The molecule has 1 aliphatic heterocycles. The monoisotopic (exact) mass is 271 g/mol. The van der Waals surface area contributed by atoms with E-state index in [1.807, 2.05) is 0 Å². The van der Waals surface area contributed by atoms with Gasteiger partial charge in [-0.05, 0) is 12.1 Å². The van der Waals surface area contributed by atoms with Gasteiger partial charge in [-0.25, -0.2) is 4.58 Å². The maximum atomic E-state index is 13.3. The number of hydrogen-bond acceptors (Lipinski definition) is 3. The lowest BCUT2D eigenvalue weighted by molar-refractivity contribution is -0.472. The van der Waals surface area contributed by atoms with Crippen LogP contribution in [0, 0.1) is 0 Å². The molecule has 0 saturated heterocycles. The first kappa shape index (κ1) is 13.2. The third kappa shape index (κ3) is 2.78. The second kappa shape index (κ2) is 4.45. The topological polar surface area (TPSA) is 61.9 Å². The van der Waals surface area contributed by atoms with Gasteiger partial charge in [0.25, 0.3) is 0 Å². The minimum absolute atomic E-state index is 0.200. The summed E-state index contributed by atoms with van der Waals surface area (Å²) in [7, 11) is -1.44. The summed E-state index contributed by atoms with van der Waals surface area (Å²) in [4.78, 5) is 0. The van der Waals surface area contributed by atoms with Gasteiger partial charge >= 0.3 is 13.0 Å². The van der Waals surface area contributed by atoms with Crippen molar-refractivity contribution in [3.63, 3.8) is 0 Å². The van der Waals surface area contributed by atoms with E-state index in [1.165, 1.54) is 16.7 Å². The van der Waals surface area contributed by atoms with Gasteiger partial charge in [0.2, 0.25) is 0 Å². The van der Waals surface area contributed by atoms with Gasteiger partial charge in [0.1, 0.15) is 19.8 Å². The lowest BCUT2D eigenvalue weighted by Crippen LogP contribution is -2.38. The SMILES string of the molecule is C[N+](C)=C(O)/C=C1\O[B-](F)(F)Oc2cc(O)ccc21. The summed E-state index contributed by atoms with van der Waals surface area (Å²) in [6.45, 7) is 0. The van der Waals surface area contributed by atoms with E-state index < -0.39 is 7.11 Å². The fourth-order valence-corrected chi connectivity index (χ4v) is 1.55. The van der Waals surface area contributed by atoms with Crippen molar-refractivity contribution in [3.05, 3.63) is 29.8 Å². The normalized spacial score (nSPS) is 18.2. The molecular formula is C11H12BF2NO4. The average molecular weight is 271 g/mol. The van der Waals surface area contributed by atoms with Crippen molar-refractivity contribution < 1.29 is 32.7 Å². The first-order valence-electron chi connectivity index (χ1n) is 5.45. The molecule has 0 fully saturated rings. The van der Waals surface area contributed by atoms with E-state index in [4.69, 9.17) is 0 Å². The minimum atomic E-state index is -4.53. The molecule has 8 heteroatoms. The van der Waals surface area contributed by atoms with Gasteiger partial charge in [-0.2, -0.15) is 0 Å². The largest absolute Gasteiger partial charge is 0.725 e. The molecule has 1 aromatic carbocycles. The molecule has 5 nitrogen and oxygen atoms in total. The number of rotatable bonds is 1. The third-order valence-electron chi connectivity index (χ3n) is 2.48. The summed E-state index contributed by atoms with van der Waals surface area (Å²) >= 11 is 0. The molecule has 2 N–H and O–H groups in total. The van der Waals surface area contributed by atoms with Crippen LogP contribution in [-0.4, -0.2) is 41.9 Å². The lowest BCUT2D eigenvalue weighted by Gasteiger charge is -2.35. The summed E-state index contributed by atoms with van der Waals surface area (Å²) in [5.74, 6) is -0.874. The third-order valence-corrected chi connectivity index (χ3v) is 2.48. The number of fused-ring (bicyclic) bond motifs is 1. The zero-order chi connectivity index (χ0) is 14.2. The van der Waals surface area contributed by atoms with Crippen molar-refractivity contribution in [1.82, 2.24) is 0 Å². The molecule has 0 radical (unpaired) electrons. The highest BCUT2D eigenvalue weighted by atomic mass is 19.3. The Kier molecular flexibility index (Phi) is 3.09. The zero-order valence-corrected chi connectivity index (χ0v) is 10.3. The van der Waals surface area contributed by atoms with Crippen LogP contribution in [0.5, 0.6) is 11.5 Å². The number of aliphatic hydroxyl groups excluding tert-OH is 1. The van der Waals surface area contributed by atoms with Gasteiger partial charge in [0, 0.05) is 6.07 Å². The van der Waals surface area contributed by atoms with E-state index in [0.29, 0.717) is 0 Å². The molecule has 102 valence electrons. The Morgan fingerprint density at radius 2 is 2.00 bits per heavy atom. The minimum Gasteiger partial charge on any atom is -0.627 e. The van der Waals surface area contributed by atoms with Crippen LogP contribution in [0.3, 0.4) is 0 Å². The molecule has 0 bridgehead atoms. The maximum Gasteiger partial charge on any atom is 0.725 e. The van der Waals surface area contributed by atoms with Gasteiger partial charge in [-0.3, -0.25) is 0 Å². The van der Waals surface area contributed by atoms with Gasteiger partial charge in [0.05, 0.1) is 23.1 Å². The van der Waals surface area contributed by atoms with Gasteiger partial charge < -0.3 is 28.2 Å². The number of aromatic hydroxyl groups is 1. The van der Waals surface area contributed by atoms with Crippen LogP contribution in [-0.2, 0) is 4.65 Å². The first-order chi connectivity index (χ1) is 8.78. The zero-order valence-electron chi connectivity index (χ0n) is 10.3. The Hall–Kier alpha value is -2.25. The molecule has 0 saturated carbocycles. The fraction of sp³-hybridized carbons (Fsp3) is 0.182. The predicted molar refractivity (Wildman–Crippen MR) is 65.5 cm³/mol. The molecule has 2 rings (SSSR count). The Morgan fingerprint density at radius 1 is 1.32 bits per heavy atom. The summed E-state index contributed by atoms with van der Waals surface area (Å²) < 4.78 is 36.8. The number of phenolic OH excluding ortho intramolecular Hbond substituents is 1. The van der Waals surface area contributed by atoms with Crippen LogP contribution in [0.15, 0.2) is 24.3 Å². The average Bonchev–Trinajstić information content (AvgIpc) is 2.26. The highest BCUT2D eigenvalue weighted by Crippen LogP contribution is 2.39. The smallest absolute Gasteiger partial charge is 0.627 e. The van der Waals surface area contributed by atoms with E-state index in [9.17, 15) is 18.8 Å². The van der Waals surface area contributed by atoms with Crippen molar-refractivity contribution in [1.29, 1.82) is 0 Å². The summed E-state index contributed by atoms with van der Waals surface area (Å²) in [6.07, 6.45) is 1.06. The molecule has 0 atom stereocenters. The van der Waals surface area contributed by atoms with Crippen molar-refractivity contribution in [2.75, 3.05) is 14.1 Å². The molecule has 1 aromatic rings. The Labute approximate surface area is 108 Å². The van der Waals surface area contributed by atoms with E-state index >= 15 is 0 Å². The number of nitrogens with zero attached hydrogens (tertiary/aromatic N) is 1. The Balaban J connectivity index is 2.55. The van der Waals surface area contributed by atoms with Crippen molar-refractivity contribution >= 4 is 18.8 Å². The first-order valence-corrected chi connectivity index (χ1v) is 5.45. The molecule has 0 unspecified atom stereocenters. The molecule has 0 aliphatic carbocycles. The molecule has 1 heterocycles. The lowest BCUT2D eigenvalue weighted by atomic mass is 10.0. The summed E-state index contributed by atoms with van der Waals surface area (Å²) in [6, 6.07) is 3.74. The second-order valence-electron chi connectivity index (χ2n) is 4.21.